The van der Waals surface area contributed by atoms with E-state index in [1.54, 1.807) is 0 Å². The van der Waals surface area contributed by atoms with E-state index in [1.165, 1.54) is 5.39 Å². The Bertz CT molecular complexity index is 844. The number of benzene rings is 2. The standard InChI is InChI=1S/C20H19ClN2O/c21-17-6-2-4-8-19(17)24-16-11-13-23(14-12-16)20-10-9-15-5-1-3-7-18(15)22-20/h1-10,16H,11-14H2. The van der Waals surface area contributed by atoms with Crippen molar-refractivity contribution in [2.45, 2.75) is 18.9 Å². The Labute approximate surface area is 146 Å². The van der Waals surface area contributed by atoms with Crippen molar-refractivity contribution in [2.24, 2.45) is 0 Å². The van der Waals surface area contributed by atoms with Gasteiger partial charge in [-0.3, -0.25) is 0 Å². The fourth-order valence-corrected chi connectivity index (χ4v) is 3.33. The van der Waals surface area contributed by atoms with Gasteiger partial charge in [-0.05, 0) is 30.3 Å². The van der Waals surface area contributed by atoms with E-state index >= 15 is 0 Å². The Morgan fingerprint density at radius 1 is 0.917 bits per heavy atom. The van der Waals surface area contributed by atoms with Crippen LogP contribution in [0.1, 0.15) is 12.8 Å². The first-order chi connectivity index (χ1) is 11.8. The first-order valence-electron chi connectivity index (χ1n) is 8.31. The van der Waals surface area contributed by atoms with Crippen LogP contribution < -0.4 is 9.64 Å². The number of hydrogen-bond acceptors (Lipinski definition) is 3. The van der Waals surface area contributed by atoms with Crippen LogP contribution in [-0.4, -0.2) is 24.2 Å². The monoisotopic (exact) mass is 338 g/mol. The van der Waals surface area contributed by atoms with E-state index in [0.29, 0.717) is 5.02 Å². The van der Waals surface area contributed by atoms with Crippen molar-refractivity contribution in [1.29, 1.82) is 0 Å². The zero-order valence-electron chi connectivity index (χ0n) is 13.4. The Morgan fingerprint density at radius 2 is 1.67 bits per heavy atom. The highest BCUT2D eigenvalue weighted by Gasteiger charge is 2.22. The highest BCUT2D eigenvalue weighted by atomic mass is 35.5. The lowest BCUT2D eigenvalue weighted by Gasteiger charge is -2.33. The van der Waals surface area contributed by atoms with Crippen LogP contribution in [0.5, 0.6) is 5.75 Å². The molecule has 2 aromatic carbocycles. The maximum atomic E-state index is 6.18. The van der Waals surface area contributed by atoms with Crippen LogP contribution in [0.2, 0.25) is 5.02 Å². The smallest absolute Gasteiger partial charge is 0.138 e. The fraction of sp³-hybridized carbons (Fsp3) is 0.250. The summed E-state index contributed by atoms with van der Waals surface area (Å²) in [4.78, 5) is 7.12. The first kappa shape index (κ1) is 15.3. The highest BCUT2D eigenvalue weighted by molar-refractivity contribution is 6.32. The van der Waals surface area contributed by atoms with Gasteiger partial charge in [0.15, 0.2) is 0 Å². The Kier molecular flexibility index (Phi) is 4.26. The Balaban J connectivity index is 1.42. The van der Waals surface area contributed by atoms with Gasteiger partial charge in [-0.2, -0.15) is 0 Å². The molecule has 4 rings (SSSR count). The average Bonchev–Trinajstić information content (AvgIpc) is 2.64. The number of aromatic nitrogens is 1. The molecule has 3 aromatic rings. The molecule has 0 atom stereocenters. The SMILES string of the molecule is Clc1ccccc1OC1CCN(c2ccc3ccccc3n2)CC1. The van der Waals surface area contributed by atoms with E-state index in [-0.39, 0.29) is 6.10 Å². The van der Waals surface area contributed by atoms with Crippen LogP contribution >= 0.6 is 11.6 Å². The Hall–Kier alpha value is -2.26. The highest BCUT2D eigenvalue weighted by Crippen LogP contribution is 2.28. The summed E-state index contributed by atoms with van der Waals surface area (Å²) < 4.78 is 6.06. The lowest BCUT2D eigenvalue weighted by Crippen LogP contribution is -2.38. The number of anilines is 1. The molecule has 1 aromatic heterocycles. The van der Waals surface area contributed by atoms with Crippen LogP contribution in [0, 0.1) is 0 Å². The number of ether oxygens (including phenoxy) is 1. The lowest BCUT2D eigenvalue weighted by atomic mass is 10.1. The molecule has 3 nitrogen and oxygen atoms in total. The van der Waals surface area contributed by atoms with E-state index in [0.717, 1.165) is 43.0 Å². The van der Waals surface area contributed by atoms with Gasteiger partial charge in [-0.25, -0.2) is 4.98 Å². The number of pyridine rings is 1. The zero-order chi connectivity index (χ0) is 16.4. The van der Waals surface area contributed by atoms with Gasteiger partial charge in [0.05, 0.1) is 10.5 Å². The van der Waals surface area contributed by atoms with Gasteiger partial charge in [0.25, 0.3) is 0 Å². The Morgan fingerprint density at radius 3 is 2.50 bits per heavy atom. The summed E-state index contributed by atoms with van der Waals surface area (Å²) >= 11 is 6.18. The summed E-state index contributed by atoms with van der Waals surface area (Å²) in [6.07, 6.45) is 2.15. The van der Waals surface area contributed by atoms with E-state index in [1.807, 2.05) is 36.4 Å². The third-order valence-corrected chi connectivity index (χ3v) is 4.79. The quantitative estimate of drug-likeness (QED) is 0.676. The molecule has 0 N–H and O–H groups in total. The zero-order valence-corrected chi connectivity index (χ0v) is 14.1. The van der Waals surface area contributed by atoms with Crippen LogP contribution in [0.4, 0.5) is 5.82 Å². The van der Waals surface area contributed by atoms with Crippen LogP contribution in [-0.2, 0) is 0 Å². The second-order valence-electron chi connectivity index (χ2n) is 6.10. The second kappa shape index (κ2) is 6.70. The number of nitrogens with zero attached hydrogens (tertiary/aromatic N) is 2. The maximum Gasteiger partial charge on any atom is 0.138 e. The molecule has 0 aliphatic carbocycles. The molecule has 122 valence electrons. The largest absolute Gasteiger partial charge is 0.489 e. The molecule has 0 amide bonds. The number of fused-ring (bicyclic) bond motifs is 1. The summed E-state index contributed by atoms with van der Waals surface area (Å²) in [5, 5.41) is 1.86. The number of piperidine rings is 1. The second-order valence-corrected chi connectivity index (χ2v) is 6.50. The molecule has 4 heteroatoms. The molecule has 0 spiro atoms. The number of rotatable bonds is 3. The van der Waals surface area contributed by atoms with Gasteiger partial charge in [-0.1, -0.05) is 41.9 Å². The summed E-state index contributed by atoms with van der Waals surface area (Å²) in [5.74, 6) is 1.83. The summed E-state index contributed by atoms with van der Waals surface area (Å²) in [6, 6.07) is 20.1. The summed E-state index contributed by atoms with van der Waals surface area (Å²) in [7, 11) is 0. The van der Waals surface area contributed by atoms with Crippen molar-refractivity contribution in [1.82, 2.24) is 4.98 Å². The maximum absolute atomic E-state index is 6.18. The molecular weight excluding hydrogens is 320 g/mol. The minimum Gasteiger partial charge on any atom is -0.489 e. The molecule has 0 radical (unpaired) electrons. The van der Waals surface area contributed by atoms with Gasteiger partial charge in [0, 0.05) is 31.3 Å². The molecule has 2 heterocycles. The summed E-state index contributed by atoms with van der Waals surface area (Å²) in [6.45, 7) is 1.89. The van der Waals surface area contributed by atoms with E-state index in [4.69, 9.17) is 21.3 Å². The predicted octanol–water partition coefficient (Wildman–Crippen LogP) is 4.94. The fourth-order valence-electron chi connectivity index (χ4n) is 3.15. The van der Waals surface area contributed by atoms with E-state index in [9.17, 15) is 0 Å². The summed E-state index contributed by atoms with van der Waals surface area (Å²) in [5.41, 5.74) is 1.05. The van der Waals surface area contributed by atoms with Gasteiger partial charge in [-0.15, -0.1) is 0 Å². The van der Waals surface area contributed by atoms with Crippen LogP contribution in [0.25, 0.3) is 10.9 Å². The molecule has 1 aliphatic heterocycles. The van der Waals surface area contributed by atoms with Crippen molar-refractivity contribution in [3.8, 4) is 5.75 Å². The minimum atomic E-state index is 0.210. The van der Waals surface area contributed by atoms with Crippen molar-refractivity contribution in [3.63, 3.8) is 0 Å². The van der Waals surface area contributed by atoms with Gasteiger partial charge in [0.1, 0.15) is 17.7 Å². The number of halogens is 1. The normalized spacial score (nSPS) is 15.6. The van der Waals surface area contributed by atoms with Crippen molar-refractivity contribution in [2.75, 3.05) is 18.0 Å². The molecule has 24 heavy (non-hydrogen) atoms. The number of para-hydroxylation sites is 2. The number of hydrogen-bond donors (Lipinski definition) is 0. The lowest BCUT2D eigenvalue weighted by molar-refractivity contribution is 0.171. The molecule has 1 aliphatic rings. The van der Waals surface area contributed by atoms with E-state index < -0.39 is 0 Å². The van der Waals surface area contributed by atoms with Crippen LogP contribution in [0.15, 0.2) is 60.7 Å². The molecule has 0 saturated carbocycles. The third kappa shape index (κ3) is 3.17. The minimum absolute atomic E-state index is 0.210. The predicted molar refractivity (Wildman–Crippen MR) is 99.1 cm³/mol. The molecule has 0 unspecified atom stereocenters. The van der Waals surface area contributed by atoms with Gasteiger partial charge >= 0.3 is 0 Å². The van der Waals surface area contributed by atoms with Crippen LogP contribution in [0.3, 0.4) is 0 Å². The third-order valence-electron chi connectivity index (χ3n) is 4.48. The first-order valence-corrected chi connectivity index (χ1v) is 8.69. The topological polar surface area (TPSA) is 25.4 Å². The molecule has 0 bridgehead atoms. The molecule has 1 fully saturated rings. The van der Waals surface area contributed by atoms with E-state index in [2.05, 4.69) is 29.2 Å². The van der Waals surface area contributed by atoms with Crippen molar-refractivity contribution >= 4 is 28.3 Å². The molecular formula is C20H19ClN2O. The van der Waals surface area contributed by atoms with Gasteiger partial charge in [0.2, 0.25) is 0 Å². The van der Waals surface area contributed by atoms with Crippen molar-refractivity contribution in [3.05, 3.63) is 65.7 Å². The van der Waals surface area contributed by atoms with Gasteiger partial charge < -0.3 is 9.64 Å². The molecule has 1 saturated heterocycles. The average molecular weight is 339 g/mol. The van der Waals surface area contributed by atoms with Crippen molar-refractivity contribution < 1.29 is 4.74 Å².